The summed E-state index contributed by atoms with van der Waals surface area (Å²) in [6.07, 6.45) is 6.77. The summed E-state index contributed by atoms with van der Waals surface area (Å²) in [6, 6.07) is 2.42. The van der Waals surface area contributed by atoms with E-state index in [0.29, 0.717) is 0 Å². The minimum absolute atomic E-state index is 0.259. The molecule has 2 rings (SSSR count). The Hall–Kier alpha value is 0.140. The molecule has 0 amide bonds. The maximum absolute atomic E-state index is 6.18. The Balaban J connectivity index is 1.91. The monoisotopic (exact) mass is 273 g/mol. The molecular formula is C11H16BrNS. The molecule has 1 aromatic rings. The summed E-state index contributed by atoms with van der Waals surface area (Å²) >= 11 is 5.24. The van der Waals surface area contributed by atoms with Gasteiger partial charge in [0, 0.05) is 20.8 Å². The number of rotatable bonds is 3. The van der Waals surface area contributed by atoms with E-state index in [9.17, 15) is 0 Å². The molecule has 1 atom stereocenters. The van der Waals surface area contributed by atoms with E-state index in [0.717, 1.165) is 5.92 Å². The smallest absolute Gasteiger partial charge is 0.0392 e. The van der Waals surface area contributed by atoms with Gasteiger partial charge < -0.3 is 5.73 Å². The van der Waals surface area contributed by atoms with Gasteiger partial charge >= 0.3 is 0 Å². The minimum atomic E-state index is 0.259. The third-order valence-corrected chi connectivity index (χ3v) is 4.84. The fraction of sp³-hybridized carbons (Fsp3) is 0.636. The Morgan fingerprint density at radius 1 is 1.50 bits per heavy atom. The highest BCUT2D eigenvalue weighted by atomic mass is 79.9. The molecule has 0 radical (unpaired) electrons. The largest absolute Gasteiger partial charge is 0.323 e. The van der Waals surface area contributed by atoms with Crippen molar-refractivity contribution in [3.63, 3.8) is 0 Å². The Kier molecular flexibility index (Phi) is 3.63. The number of hydrogen-bond acceptors (Lipinski definition) is 2. The van der Waals surface area contributed by atoms with Gasteiger partial charge in [0.25, 0.3) is 0 Å². The highest BCUT2D eigenvalue weighted by Crippen LogP contribution is 2.34. The van der Waals surface area contributed by atoms with E-state index in [1.54, 1.807) is 11.3 Å². The van der Waals surface area contributed by atoms with Gasteiger partial charge in [-0.1, -0.05) is 25.7 Å². The molecule has 1 fully saturated rings. The second-order valence-corrected chi connectivity index (χ2v) is 6.02. The molecule has 0 saturated heterocycles. The molecule has 1 heterocycles. The fourth-order valence-electron chi connectivity index (χ4n) is 2.24. The molecule has 1 aliphatic rings. The van der Waals surface area contributed by atoms with Crippen LogP contribution < -0.4 is 5.73 Å². The van der Waals surface area contributed by atoms with Gasteiger partial charge in [-0.3, -0.25) is 0 Å². The summed E-state index contributed by atoms with van der Waals surface area (Å²) in [4.78, 5) is 1.32. The van der Waals surface area contributed by atoms with Gasteiger partial charge in [-0.25, -0.2) is 0 Å². The molecule has 1 aliphatic carbocycles. The zero-order valence-electron chi connectivity index (χ0n) is 8.21. The van der Waals surface area contributed by atoms with E-state index in [1.807, 2.05) is 0 Å². The van der Waals surface area contributed by atoms with Crippen LogP contribution in [0, 0.1) is 5.92 Å². The van der Waals surface area contributed by atoms with Crippen LogP contribution in [0.25, 0.3) is 0 Å². The fourth-order valence-corrected chi connectivity index (χ4v) is 3.71. The predicted molar refractivity (Wildman–Crippen MR) is 65.5 cm³/mol. The summed E-state index contributed by atoms with van der Waals surface area (Å²) in [6.45, 7) is 0. The van der Waals surface area contributed by atoms with Crippen LogP contribution in [0.2, 0.25) is 0 Å². The van der Waals surface area contributed by atoms with Gasteiger partial charge in [0.2, 0.25) is 0 Å². The van der Waals surface area contributed by atoms with Gasteiger partial charge in [0.1, 0.15) is 0 Å². The van der Waals surface area contributed by atoms with E-state index < -0.39 is 0 Å². The van der Waals surface area contributed by atoms with Crippen LogP contribution in [-0.4, -0.2) is 0 Å². The first-order valence-electron chi connectivity index (χ1n) is 5.25. The normalized spacial score (nSPS) is 20.1. The molecule has 78 valence electrons. The van der Waals surface area contributed by atoms with Crippen molar-refractivity contribution in [1.29, 1.82) is 0 Å². The lowest BCUT2D eigenvalue weighted by molar-refractivity contribution is 0.454. The van der Waals surface area contributed by atoms with E-state index in [4.69, 9.17) is 5.73 Å². The first-order chi connectivity index (χ1) is 6.75. The van der Waals surface area contributed by atoms with Gasteiger partial charge in [-0.05, 0) is 34.3 Å². The SMILES string of the molecule is NC(CC1CCCC1)c1cc(Br)cs1. The molecular weight excluding hydrogens is 258 g/mol. The Morgan fingerprint density at radius 3 is 2.79 bits per heavy atom. The lowest BCUT2D eigenvalue weighted by atomic mass is 9.98. The van der Waals surface area contributed by atoms with Crippen LogP contribution in [0.4, 0.5) is 0 Å². The third-order valence-electron chi connectivity index (χ3n) is 3.02. The van der Waals surface area contributed by atoms with Gasteiger partial charge in [-0.2, -0.15) is 0 Å². The molecule has 0 aliphatic heterocycles. The first-order valence-corrected chi connectivity index (χ1v) is 6.92. The van der Waals surface area contributed by atoms with Crippen LogP contribution >= 0.6 is 27.3 Å². The summed E-state index contributed by atoms with van der Waals surface area (Å²) in [5.74, 6) is 0.880. The second-order valence-electron chi connectivity index (χ2n) is 4.16. The lowest BCUT2D eigenvalue weighted by Gasteiger charge is -2.14. The van der Waals surface area contributed by atoms with Crippen molar-refractivity contribution in [2.24, 2.45) is 11.7 Å². The van der Waals surface area contributed by atoms with Crippen LogP contribution in [0.1, 0.15) is 43.0 Å². The van der Waals surface area contributed by atoms with Crippen molar-refractivity contribution < 1.29 is 0 Å². The number of nitrogens with two attached hydrogens (primary N) is 1. The van der Waals surface area contributed by atoms with Crippen LogP contribution in [0.15, 0.2) is 15.9 Å². The number of hydrogen-bond donors (Lipinski definition) is 1. The van der Waals surface area contributed by atoms with Crippen LogP contribution in [-0.2, 0) is 0 Å². The topological polar surface area (TPSA) is 26.0 Å². The zero-order chi connectivity index (χ0) is 9.97. The van der Waals surface area contributed by atoms with E-state index in [2.05, 4.69) is 27.4 Å². The van der Waals surface area contributed by atoms with Crippen molar-refractivity contribution in [1.82, 2.24) is 0 Å². The summed E-state index contributed by atoms with van der Waals surface area (Å²) in [5.41, 5.74) is 6.18. The van der Waals surface area contributed by atoms with Crippen molar-refractivity contribution in [3.8, 4) is 0 Å². The number of thiophene rings is 1. The van der Waals surface area contributed by atoms with E-state index >= 15 is 0 Å². The summed E-state index contributed by atoms with van der Waals surface area (Å²) in [7, 11) is 0. The lowest BCUT2D eigenvalue weighted by Crippen LogP contribution is -2.12. The standard InChI is InChI=1S/C11H16BrNS/c12-9-6-11(14-7-9)10(13)5-8-3-1-2-4-8/h6-8,10H,1-5,13H2. The van der Waals surface area contributed by atoms with Crippen LogP contribution in [0.5, 0.6) is 0 Å². The van der Waals surface area contributed by atoms with E-state index in [-0.39, 0.29) is 6.04 Å². The van der Waals surface area contributed by atoms with Crippen molar-refractivity contribution >= 4 is 27.3 Å². The molecule has 1 unspecified atom stereocenters. The molecule has 1 nitrogen and oxygen atoms in total. The van der Waals surface area contributed by atoms with Gasteiger partial charge in [-0.15, -0.1) is 11.3 Å². The molecule has 2 N–H and O–H groups in total. The van der Waals surface area contributed by atoms with Crippen molar-refractivity contribution in [2.45, 2.75) is 38.1 Å². The summed E-state index contributed by atoms with van der Waals surface area (Å²) < 4.78 is 1.17. The Bertz CT molecular complexity index is 291. The molecule has 3 heteroatoms. The highest BCUT2D eigenvalue weighted by Gasteiger charge is 2.19. The second kappa shape index (κ2) is 4.77. The average Bonchev–Trinajstić information content (AvgIpc) is 2.75. The van der Waals surface area contributed by atoms with Crippen molar-refractivity contribution in [2.75, 3.05) is 0 Å². The molecule has 0 spiro atoms. The first kappa shape index (κ1) is 10.7. The third kappa shape index (κ3) is 2.59. The maximum Gasteiger partial charge on any atom is 0.0392 e. The minimum Gasteiger partial charge on any atom is -0.323 e. The summed E-state index contributed by atoms with van der Waals surface area (Å²) in [5, 5.41) is 2.11. The predicted octanol–water partition coefficient (Wildman–Crippen LogP) is 4.09. The highest BCUT2D eigenvalue weighted by molar-refractivity contribution is 9.10. The molecule has 0 bridgehead atoms. The Morgan fingerprint density at radius 2 is 2.21 bits per heavy atom. The molecule has 1 saturated carbocycles. The average molecular weight is 274 g/mol. The van der Waals surface area contributed by atoms with Crippen molar-refractivity contribution in [3.05, 3.63) is 20.8 Å². The molecule has 1 aromatic heterocycles. The molecule has 0 aromatic carbocycles. The van der Waals surface area contributed by atoms with Gasteiger partial charge in [0.15, 0.2) is 0 Å². The van der Waals surface area contributed by atoms with Crippen LogP contribution in [0.3, 0.4) is 0 Å². The van der Waals surface area contributed by atoms with E-state index in [1.165, 1.54) is 41.5 Å². The molecule has 14 heavy (non-hydrogen) atoms. The quantitative estimate of drug-likeness (QED) is 0.882. The number of halogens is 1. The van der Waals surface area contributed by atoms with Gasteiger partial charge in [0.05, 0.1) is 0 Å². The maximum atomic E-state index is 6.18. The Labute approximate surface area is 97.8 Å². The zero-order valence-corrected chi connectivity index (χ0v) is 10.6.